The van der Waals surface area contributed by atoms with E-state index in [1.54, 1.807) is 0 Å². The topological polar surface area (TPSA) is 44.8 Å². The van der Waals surface area contributed by atoms with E-state index in [0.717, 1.165) is 37.7 Å². The van der Waals surface area contributed by atoms with Gasteiger partial charge in [0.1, 0.15) is 11.7 Å². The summed E-state index contributed by atoms with van der Waals surface area (Å²) in [6, 6.07) is 21.4. The summed E-state index contributed by atoms with van der Waals surface area (Å²) < 4.78 is 20.5. The van der Waals surface area contributed by atoms with Crippen LogP contribution in [0.5, 0.6) is 0 Å². The Labute approximate surface area is 260 Å². The first kappa shape index (κ1) is 30.7. The molecule has 5 heteroatoms. The Morgan fingerprint density at radius 3 is 2.28 bits per heavy atom. The van der Waals surface area contributed by atoms with Gasteiger partial charge in [-0.2, -0.15) is 0 Å². The molecule has 1 aliphatic heterocycles. The molecule has 4 fully saturated rings. The number of carbonyl (C=O) groups excluding carboxylic acids is 1. The van der Waals surface area contributed by atoms with Gasteiger partial charge in [-0.25, -0.2) is 4.79 Å². The van der Waals surface area contributed by atoms with E-state index in [4.69, 9.17) is 14.0 Å². The third-order valence-corrected chi connectivity index (χ3v) is 12.7. The Hall–Kier alpha value is -2.37. The van der Waals surface area contributed by atoms with Crippen molar-refractivity contribution in [1.82, 2.24) is 0 Å². The van der Waals surface area contributed by atoms with E-state index < -0.39 is 12.7 Å². The summed E-state index contributed by atoms with van der Waals surface area (Å²) in [6.07, 6.45) is 5.62. The van der Waals surface area contributed by atoms with Gasteiger partial charge in [-0.15, -0.1) is 0 Å². The number of carbonyl (C=O) groups is 1. The highest BCUT2D eigenvalue weighted by Gasteiger charge is 2.78. The first-order chi connectivity index (χ1) is 20.3. The van der Waals surface area contributed by atoms with Gasteiger partial charge in [-0.3, -0.25) is 0 Å². The summed E-state index contributed by atoms with van der Waals surface area (Å²) in [6.45, 7) is 18.1. The molecular weight excluding hydrogens is 531 g/mol. The van der Waals surface area contributed by atoms with Gasteiger partial charge >= 0.3 is 13.1 Å². The summed E-state index contributed by atoms with van der Waals surface area (Å²) in [5, 5.41) is 0. The van der Waals surface area contributed by atoms with Gasteiger partial charge in [-0.1, -0.05) is 114 Å². The molecule has 6 rings (SSSR count). The Morgan fingerprint density at radius 2 is 1.63 bits per heavy atom. The third kappa shape index (κ3) is 4.67. The molecule has 3 saturated carbocycles. The van der Waals surface area contributed by atoms with E-state index in [9.17, 15) is 4.79 Å². The van der Waals surface area contributed by atoms with E-state index in [1.807, 2.05) is 13.8 Å². The summed E-state index contributed by atoms with van der Waals surface area (Å²) in [5.41, 5.74) is 3.57. The Bertz CT molecular complexity index is 1360. The first-order valence-electron chi connectivity index (χ1n) is 16.6. The van der Waals surface area contributed by atoms with Crippen LogP contribution in [0.15, 0.2) is 71.8 Å². The minimum Gasteiger partial charge on any atom is -0.459 e. The maximum Gasteiger partial charge on any atom is 0.462 e. The molecule has 4 nitrogen and oxygen atoms in total. The average Bonchev–Trinajstić information content (AvgIpc) is 3.52. The Kier molecular flexibility index (Phi) is 7.78. The minimum absolute atomic E-state index is 0.0293. The van der Waals surface area contributed by atoms with Gasteiger partial charge in [0.25, 0.3) is 0 Å². The van der Waals surface area contributed by atoms with Crippen LogP contribution in [0.25, 0.3) is 0 Å². The number of ether oxygens (including phenoxy) is 1. The molecule has 7 atom stereocenters. The molecule has 0 spiro atoms. The van der Waals surface area contributed by atoms with Crippen LogP contribution in [-0.4, -0.2) is 25.3 Å². The lowest BCUT2D eigenvalue weighted by Gasteiger charge is -2.48. The molecule has 2 aromatic rings. The molecule has 1 saturated heterocycles. The maximum absolute atomic E-state index is 14.1. The lowest BCUT2D eigenvalue weighted by molar-refractivity contribution is -0.151. The van der Waals surface area contributed by atoms with Crippen LogP contribution in [-0.2, 0) is 29.9 Å². The highest BCUT2D eigenvalue weighted by atomic mass is 16.7. The number of esters is 1. The van der Waals surface area contributed by atoms with E-state index >= 15 is 0 Å². The van der Waals surface area contributed by atoms with Gasteiger partial charge < -0.3 is 14.0 Å². The van der Waals surface area contributed by atoms with Gasteiger partial charge in [-0.05, 0) is 73.3 Å². The normalized spacial score (nSPS) is 34.6. The molecule has 0 aromatic heterocycles. The monoisotopic (exact) mass is 582 g/mol. The lowest BCUT2D eigenvalue weighted by atomic mass is 9.61. The third-order valence-electron chi connectivity index (χ3n) is 12.7. The summed E-state index contributed by atoms with van der Waals surface area (Å²) in [5.74, 6) is 0.989. The SMILES string of the molecule is CC(C)=C(CB1O[C@H]2[C@@H]3CC[C@@](C)(C3(C)C)[C@]2(c2ccccc2)O1)C(=O)O[C@@H]1C[C@H](C)CC[C@H]1C(C)(C)c1ccccc1. The second kappa shape index (κ2) is 10.9. The minimum atomic E-state index is -0.522. The molecule has 0 N–H and O–H groups in total. The van der Waals surface area contributed by atoms with Crippen LogP contribution >= 0.6 is 0 Å². The average molecular weight is 583 g/mol. The van der Waals surface area contributed by atoms with Crippen molar-refractivity contribution >= 4 is 13.1 Å². The Balaban J connectivity index is 1.25. The van der Waals surface area contributed by atoms with Crippen molar-refractivity contribution in [2.45, 2.75) is 117 Å². The number of rotatable bonds is 7. The molecule has 43 heavy (non-hydrogen) atoms. The summed E-state index contributed by atoms with van der Waals surface area (Å²) >= 11 is 0. The van der Waals surface area contributed by atoms with Crippen LogP contribution in [0, 0.1) is 28.6 Å². The van der Waals surface area contributed by atoms with Gasteiger partial charge in [0, 0.05) is 23.2 Å². The smallest absolute Gasteiger partial charge is 0.459 e. The number of hydrogen-bond acceptors (Lipinski definition) is 4. The van der Waals surface area contributed by atoms with Crippen molar-refractivity contribution in [1.29, 1.82) is 0 Å². The van der Waals surface area contributed by atoms with Crippen LogP contribution in [0.4, 0.5) is 0 Å². The van der Waals surface area contributed by atoms with Crippen molar-refractivity contribution in [2.75, 3.05) is 0 Å². The van der Waals surface area contributed by atoms with Crippen LogP contribution in [0.2, 0.25) is 6.32 Å². The quantitative estimate of drug-likeness (QED) is 0.186. The highest BCUT2D eigenvalue weighted by molar-refractivity contribution is 6.47. The molecular formula is C38H51BO4. The largest absolute Gasteiger partial charge is 0.462 e. The zero-order valence-electron chi connectivity index (χ0n) is 27.6. The number of fused-ring (bicyclic) bond motifs is 5. The number of allylic oxidation sites excluding steroid dienone is 1. The number of benzene rings is 2. The molecule has 230 valence electrons. The van der Waals surface area contributed by atoms with Gasteiger partial charge in [0.2, 0.25) is 0 Å². The van der Waals surface area contributed by atoms with E-state index in [0.29, 0.717) is 23.7 Å². The predicted molar refractivity (Wildman–Crippen MR) is 173 cm³/mol. The molecule has 2 bridgehead atoms. The lowest BCUT2D eigenvalue weighted by Crippen LogP contribution is -2.50. The number of hydrogen-bond donors (Lipinski definition) is 0. The first-order valence-corrected chi connectivity index (χ1v) is 16.6. The fraction of sp³-hybridized carbons (Fsp3) is 0.605. The van der Waals surface area contributed by atoms with Crippen molar-refractivity contribution < 1.29 is 18.8 Å². The zero-order valence-corrected chi connectivity index (χ0v) is 27.6. The van der Waals surface area contributed by atoms with Gasteiger partial charge in [0.15, 0.2) is 0 Å². The van der Waals surface area contributed by atoms with Crippen molar-refractivity contribution in [2.24, 2.45) is 28.6 Å². The van der Waals surface area contributed by atoms with Crippen LogP contribution in [0.1, 0.15) is 98.6 Å². The predicted octanol–water partition coefficient (Wildman–Crippen LogP) is 8.90. The molecule has 3 aliphatic carbocycles. The molecule has 0 radical (unpaired) electrons. The van der Waals surface area contributed by atoms with Crippen LogP contribution in [0.3, 0.4) is 0 Å². The fourth-order valence-corrected chi connectivity index (χ4v) is 9.67. The van der Waals surface area contributed by atoms with E-state index in [1.165, 1.54) is 11.1 Å². The standard InChI is InChI=1S/C38H51BO4/c1-25(2)29(34(40)41-32-23-26(3)19-20-30(32)35(4,5)27-15-11-9-12-16-27)24-39-42-33-31-21-22-37(8,36(31,6)7)38(33,43-39)28-17-13-10-14-18-28/h9-18,26,30-33H,19-24H2,1-8H3/t26-,30-,31+,32-,33+,37+,38-/m1/s1. The second-order valence-corrected chi connectivity index (χ2v) is 15.6. The van der Waals surface area contributed by atoms with E-state index in [2.05, 4.69) is 102 Å². The van der Waals surface area contributed by atoms with Crippen molar-refractivity contribution in [3.63, 3.8) is 0 Å². The second-order valence-electron chi connectivity index (χ2n) is 15.6. The van der Waals surface area contributed by atoms with Crippen molar-refractivity contribution in [3.05, 3.63) is 82.9 Å². The molecule has 4 aliphatic rings. The molecule has 0 amide bonds. The maximum atomic E-state index is 14.1. The highest BCUT2D eigenvalue weighted by Crippen LogP contribution is 2.76. The fourth-order valence-electron chi connectivity index (χ4n) is 9.67. The Morgan fingerprint density at radius 1 is 0.977 bits per heavy atom. The van der Waals surface area contributed by atoms with Gasteiger partial charge in [0.05, 0.1) is 6.10 Å². The summed E-state index contributed by atoms with van der Waals surface area (Å²) in [4.78, 5) is 14.1. The molecule has 0 unspecified atom stereocenters. The zero-order chi connectivity index (χ0) is 30.8. The van der Waals surface area contributed by atoms with Crippen molar-refractivity contribution in [3.8, 4) is 0 Å². The van der Waals surface area contributed by atoms with E-state index in [-0.39, 0.29) is 40.3 Å². The molecule has 2 aromatic carbocycles. The molecule has 1 heterocycles. The summed E-state index contributed by atoms with van der Waals surface area (Å²) in [7, 11) is -0.486. The van der Waals surface area contributed by atoms with Crippen LogP contribution < -0.4 is 0 Å².